The number of benzene rings is 1. The average Bonchev–Trinajstić information content (AvgIpc) is 2.48. The van der Waals surface area contributed by atoms with Crippen LogP contribution in [0.25, 0.3) is 0 Å². The van der Waals surface area contributed by atoms with Crippen LogP contribution in [0.15, 0.2) is 18.2 Å². The summed E-state index contributed by atoms with van der Waals surface area (Å²) in [5.74, 6) is -0.0925. The molecular weight excluding hydrogens is 286 g/mol. The van der Waals surface area contributed by atoms with Gasteiger partial charge in [0.05, 0.1) is 10.7 Å². The van der Waals surface area contributed by atoms with E-state index >= 15 is 0 Å². The zero-order valence-electron chi connectivity index (χ0n) is 12.6. The van der Waals surface area contributed by atoms with Gasteiger partial charge >= 0.3 is 0 Å². The number of halogens is 1. The molecule has 2 rings (SSSR count). The summed E-state index contributed by atoms with van der Waals surface area (Å²) in [6, 6.07) is 5.64. The van der Waals surface area contributed by atoms with Gasteiger partial charge in [0.25, 0.3) is 5.91 Å². The third-order valence-electron chi connectivity index (χ3n) is 4.11. The number of carbonyl (C=O) groups excluding carboxylic acids is 1. The lowest BCUT2D eigenvalue weighted by Crippen LogP contribution is -2.39. The Hall–Kier alpha value is -1.26. The first kappa shape index (κ1) is 16.1. The van der Waals surface area contributed by atoms with Gasteiger partial charge < -0.3 is 16.0 Å². The van der Waals surface area contributed by atoms with Gasteiger partial charge in [0.2, 0.25) is 0 Å². The lowest BCUT2D eigenvalue weighted by Gasteiger charge is -2.33. The first-order valence-electron chi connectivity index (χ1n) is 7.65. The topological polar surface area (TPSA) is 58.4 Å². The normalized spacial score (nSPS) is 19.4. The van der Waals surface area contributed by atoms with Crippen molar-refractivity contribution >= 4 is 23.2 Å². The molecule has 0 spiro atoms. The minimum Gasteiger partial charge on any atom is -0.398 e. The van der Waals surface area contributed by atoms with Crippen LogP contribution in [0.4, 0.5) is 5.69 Å². The summed E-state index contributed by atoms with van der Waals surface area (Å²) in [5, 5.41) is 3.41. The quantitative estimate of drug-likeness (QED) is 0.649. The van der Waals surface area contributed by atoms with E-state index in [0.717, 1.165) is 13.0 Å². The fourth-order valence-electron chi connectivity index (χ4n) is 2.76. The molecule has 1 heterocycles. The second-order valence-electron chi connectivity index (χ2n) is 5.73. The molecule has 1 atom stereocenters. The first-order valence-corrected chi connectivity index (χ1v) is 8.03. The zero-order valence-corrected chi connectivity index (χ0v) is 13.3. The van der Waals surface area contributed by atoms with E-state index < -0.39 is 0 Å². The van der Waals surface area contributed by atoms with Crippen LogP contribution in [0.2, 0.25) is 5.02 Å². The van der Waals surface area contributed by atoms with Crippen molar-refractivity contribution in [3.8, 4) is 0 Å². The maximum atomic E-state index is 12.0. The number of hydrogen-bond donors (Lipinski definition) is 2. The molecule has 116 valence electrons. The zero-order chi connectivity index (χ0) is 15.2. The molecule has 1 aromatic rings. The van der Waals surface area contributed by atoms with Crippen LogP contribution in [0.5, 0.6) is 0 Å². The Labute approximate surface area is 131 Å². The molecular formula is C16H24ClN3O. The second kappa shape index (κ2) is 7.66. The number of amides is 1. The summed E-state index contributed by atoms with van der Waals surface area (Å²) in [6.45, 7) is 5.20. The summed E-state index contributed by atoms with van der Waals surface area (Å²) in [6.07, 6.45) is 4.89. The van der Waals surface area contributed by atoms with Gasteiger partial charge in [-0.1, -0.05) is 18.0 Å². The second-order valence-corrected chi connectivity index (χ2v) is 6.13. The summed E-state index contributed by atoms with van der Waals surface area (Å²) in [7, 11) is 0. The maximum Gasteiger partial charge on any atom is 0.251 e. The molecule has 1 amide bonds. The number of nitrogen functional groups attached to an aromatic ring is 1. The highest BCUT2D eigenvalue weighted by Crippen LogP contribution is 2.19. The fraction of sp³-hybridized carbons (Fsp3) is 0.562. The van der Waals surface area contributed by atoms with Crippen molar-refractivity contribution < 1.29 is 4.79 Å². The van der Waals surface area contributed by atoms with Crippen molar-refractivity contribution in [2.24, 2.45) is 0 Å². The van der Waals surface area contributed by atoms with Gasteiger partial charge in [0.1, 0.15) is 0 Å². The number of carbonyl (C=O) groups is 1. The highest BCUT2D eigenvalue weighted by atomic mass is 35.5. The number of piperidine rings is 1. The van der Waals surface area contributed by atoms with E-state index in [1.165, 1.54) is 25.8 Å². The largest absolute Gasteiger partial charge is 0.398 e. The van der Waals surface area contributed by atoms with E-state index in [1.54, 1.807) is 18.2 Å². The maximum absolute atomic E-state index is 12.0. The Balaban J connectivity index is 1.72. The van der Waals surface area contributed by atoms with Gasteiger partial charge in [-0.05, 0) is 50.9 Å². The van der Waals surface area contributed by atoms with Gasteiger partial charge in [-0.2, -0.15) is 0 Å². The number of anilines is 1. The molecule has 1 fully saturated rings. The number of nitrogens with two attached hydrogens (primary N) is 1. The number of nitrogens with one attached hydrogen (secondary N) is 1. The van der Waals surface area contributed by atoms with E-state index in [2.05, 4.69) is 17.1 Å². The molecule has 0 bridgehead atoms. The average molecular weight is 310 g/mol. The molecule has 0 aromatic heterocycles. The van der Waals surface area contributed by atoms with Crippen LogP contribution in [-0.4, -0.2) is 36.5 Å². The number of nitrogens with zero attached hydrogens (tertiary/aromatic N) is 1. The van der Waals surface area contributed by atoms with E-state index in [0.29, 0.717) is 28.9 Å². The van der Waals surface area contributed by atoms with Crippen LogP contribution < -0.4 is 11.1 Å². The van der Waals surface area contributed by atoms with Gasteiger partial charge in [-0.3, -0.25) is 4.79 Å². The lowest BCUT2D eigenvalue weighted by molar-refractivity contribution is 0.0949. The van der Waals surface area contributed by atoms with Crippen molar-refractivity contribution in [1.82, 2.24) is 10.2 Å². The first-order chi connectivity index (χ1) is 10.1. The predicted octanol–water partition coefficient (Wildman–Crippen LogP) is 2.92. The van der Waals surface area contributed by atoms with Crippen molar-refractivity contribution in [2.75, 3.05) is 25.4 Å². The Morgan fingerprint density at radius 1 is 1.48 bits per heavy atom. The monoisotopic (exact) mass is 309 g/mol. The third kappa shape index (κ3) is 4.61. The van der Waals surface area contributed by atoms with Crippen molar-refractivity contribution in [2.45, 2.75) is 38.6 Å². The van der Waals surface area contributed by atoms with Crippen LogP contribution in [-0.2, 0) is 0 Å². The summed E-state index contributed by atoms with van der Waals surface area (Å²) in [4.78, 5) is 14.5. The summed E-state index contributed by atoms with van der Waals surface area (Å²) < 4.78 is 0. The van der Waals surface area contributed by atoms with E-state index in [1.807, 2.05) is 0 Å². The van der Waals surface area contributed by atoms with Crippen molar-refractivity contribution in [3.63, 3.8) is 0 Å². The lowest BCUT2D eigenvalue weighted by atomic mass is 10.0. The Morgan fingerprint density at radius 3 is 3.00 bits per heavy atom. The molecule has 4 nitrogen and oxygen atoms in total. The van der Waals surface area contributed by atoms with Crippen LogP contribution in [0.1, 0.15) is 43.0 Å². The van der Waals surface area contributed by atoms with Gasteiger partial charge in [-0.15, -0.1) is 0 Å². The standard InChI is InChI=1S/C16H24ClN3O/c1-12-5-2-3-9-20(12)10-4-8-19-16(21)13-6-7-14(17)15(18)11-13/h6-7,11-12H,2-5,8-10,18H2,1H3,(H,19,21). The van der Waals surface area contributed by atoms with E-state index in [4.69, 9.17) is 17.3 Å². The Bertz CT molecular complexity index is 492. The van der Waals surface area contributed by atoms with Crippen LogP contribution in [0, 0.1) is 0 Å². The van der Waals surface area contributed by atoms with Crippen LogP contribution >= 0.6 is 11.6 Å². The minimum atomic E-state index is -0.0925. The Kier molecular flexibility index (Phi) is 5.88. The molecule has 1 aromatic carbocycles. The summed E-state index contributed by atoms with van der Waals surface area (Å²) >= 11 is 5.85. The van der Waals surface area contributed by atoms with E-state index in [-0.39, 0.29) is 5.91 Å². The van der Waals surface area contributed by atoms with Crippen LogP contribution in [0.3, 0.4) is 0 Å². The molecule has 1 saturated heterocycles. The summed E-state index contributed by atoms with van der Waals surface area (Å²) in [5.41, 5.74) is 6.70. The molecule has 0 radical (unpaired) electrons. The highest BCUT2D eigenvalue weighted by molar-refractivity contribution is 6.33. The molecule has 1 unspecified atom stereocenters. The smallest absolute Gasteiger partial charge is 0.251 e. The number of hydrogen-bond acceptors (Lipinski definition) is 3. The van der Waals surface area contributed by atoms with Crippen molar-refractivity contribution in [1.29, 1.82) is 0 Å². The number of likely N-dealkylation sites (tertiary alicyclic amines) is 1. The Morgan fingerprint density at radius 2 is 2.29 bits per heavy atom. The molecule has 0 saturated carbocycles. The molecule has 1 aliphatic rings. The highest BCUT2D eigenvalue weighted by Gasteiger charge is 2.17. The number of rotatable bonds is 5. The minimum absolute atomic E-state index is 0.0925. The SMILES string of the molecule is CC1CCCCN1CCCNC(=O)c1ccc(Cl)c(N)c1. The molecule has 21 heavy (non-hydrogen) atoms. The predicted molar refractivity (Wildman–Crippen MR) is 87.7 cm³/mol. The van der Waals surface area contributed by atoms with E-state index in [9.17, 15) is 4.79 Å². The molecule has 1 aliphatic heterocycles. The van der Waals surface area contributed by atoms with Gasteiger partial charge in [0, 0.05) is 24.7 Å². The van der Waals surface area contributed by atoms with Crippen molar-refractivity contribution in [3.05, 3.63) is 28.8 Å². The molecule has 3 N–H and O–H groups in total. The molecule has 5 heteroatoms. The molecule has 0 aliphatic carbocycles. The van der Waals surface area contributed by atoms with Gasteiger partial charge in [-0.25, -0.2) is 0 Å². The third-order valence-corrected chi connectivity index (χ3v) is 4.45. The fourth-order valence-corrected chi connectivity index (χ4v) is 2.88. The van der Waals surface area contributed by atoms with Gasteiger partial charge in [0.15, 0.2) is 0 Å².